The molecule has 2 aromatic carbocycles. The summed E-state index contributed by atoms with van der Waals surface area (Å²) in [6, 6.07) is 17.3. The molecule has 1 amide bonds. The van der Waals surface area contributed by atoms with Crippen LogP contribution < -0.4 is 15.8 Å². The number of aromatic nitrogens is 4. The lowest BCUT2D eigenvalue weighted by Crippen LogP contribution is -2.40. The number of amides is 1. The summed E-state index contributed by atoms with van der Waals surface area (Å²) in [6.07, 6.45) is 6.70. The molecular weight excluding hydrogens is 494 g/mol. The van der Waals surface area contributed by atoms with E-state index >= 15 is 0 Å². The van der Waals surface area contributed by atoms with Crippen molar-refractivity contribution >= 4 is 22.8 Å². The van der Waals surface area contributed by atoms with Crippen molar-refractivity contribution in [3.8, 4) is 22.8 Å². The van der Waals surface area contributed by atoms with Gasteiger partial charge >= 0.3 is 0 Å². The smallest absolute Gasteiger partial charge is 0.246 e. The van der Waals surface area contributed by atoms with Crippen LogP contribution in [0.4, 0.5) is 5.82 Å². The summed E-state index contributed by atoms with van der Waals surface area (Å²) in [5, 5.41) is 8.89. The zero-order valence-electron chi connectivity index (χ0n) is 22.0. The number of rotatable bonds is 10. The van der Waals surface area contributed by atoms with Crippen LogP contribution in [0.15, 0.2) is 73.1 Å². The van der Waals surface area contributed by atoms with Gasteiger partial charge in [0.2, 0.25) is 5.91 Å². The van der Waals surface area contributed by atoms with Crippen LogP contribution in [0, 0.1) is 0 Å². The number of anilines is 1. The summed E-state index contributed by atoms with van der Waals surface area (Å²) in [6.45, 7) is 3.25. The minimum absolute atomic E-state index is 0.00642. The highest BCUT2D eigenvalue weighted by atomic mass is 16.5. The second kappa shape index (κ2) is 12.5. The number of carbonyl (C=O) groups excluding carboxylic acids is 1. The van der Waals surface area contributed by atoms with Gasteiger partial charge in [0.1, 0.15) is 29.3 Å². The Hall–Kier alpha value is -4.28. The van der Waals surface area contributed by atoms with Gasteiger partial charge in [-0.25, -0.2) is 14.6 Å². The Morgan fingerprint density at radius 3 is 2.72 bits per heavy atom. The number of benzene rings is 2. The number of likely N-dealkylation sites (tertiary alicyclic amines) is 1. The van der Waals surface area contributed by atoms with E-state index in [-0.39, 0.29) is 11.9 Å². The molecule has 0 bridgehead atoms. The van der Waals surface area contributed by atoms with Gasteiger partial charge in [-0.2, -0.15) is 5.10 Å². The van der Waals surface area contributed by atoms with Crippen molar-refractivity contribution in [1.82, 2.24) is 30.0 Å². The van der Waals surface area contributed by atoms with Gasteiger partial charge in [0.15, 0.2) is 5.65 Å². The number of nitrogens with two attached hydrogens (primary N) is 1. The van der Waals surface area contributed by atoms with E-state index in [4.69, 9.17) is 20.3 Å². The standard InChI is InChI=1S/C29H33N7O3/c1-38-18-16-31-15-5-10-25(37)35-17-6-7-22(19-35)36-29-26(28(30)32-20-33-29)27(34-36)21-11-13-24(14-12-21)39-23-8-3-2-4-9-23/h2-5,8-14,20,22,31H,6-7,15-19H2,1H3,(H2,30,32,33). The third kappa shape index (κ3) is 6.24. The van der Waals surface area contributed by atoms with Crippen molar-refractivity contribution in [1.29, 1.82) is 0 Å². The maximum atomic E-state index is 12.9. The summed E-state index contributed by atoms with van der Waals surface area (Å²) < 4.78 is 12.9. The molecule has 202 valence electrons. The van der Waals surface area contributed by atoms with Crippen LogP contribution in [-0.4, -0.2) is 70.5 Å². The van der Waals surface area contributed by atoms with Gasteiger partial charge in [0.05, 0.1) is 18.0 Å². The Labute approximate surface area is 227 Å². The summed E-state index contributed by atoms with van der Waals surface area (Å²) in [4.78, 5) is 23.5. The third-order valence-electron chi connectivity index (χ3n) is 6.68. The van der Waals surface area contributed by atoms with E-state index in [9.17, 15) is 4.79 Å². The lowest BCUT2D eigenvalue weighted by atomic mass is 10.1. The number of para-hydroxylation sites is 1. The summed E-state index contributed by atoms with van der Waals surface area (Å²) in [5.41, 5.74) is 8.58. The molecule has 1 aliphatic rings. The first kappa shape index (κ1) is 26.3. The van der Waals surface area contributed by atoms with E-state index < -0.39 is 0 Å². The maximum Gasteiger partial charge on any atom is 0.246 e. The molecule has 3 N–H and O–H groups in total. The lowest BCUT2D eigenvalue weighted by molar-refractivity contribution is -0.127. The molecule has 1 atom stereocenters. The highest BCUT2D eigenvalue weighted by molar-refractivity contribution is 5.98. The molecule has 3 heterocycles. The van der Waals surface area contributed by atoms with Crippen LogP contribution >= 0.6 is 0 Å². The molecule has 1 fully saturated rings. The highest BCUT2D eigenvalue weighted by Gasteiger charge is 2.28. The number of hydrogen-bond donors (Lipinski definition) is 2. The summed E-state index contributed by atoms with van der Waals surface area (Å²) >= 11 is 0. The van der Waals surface area contributed by atoms with Gasteiger partial charge in [-0.15, -0.1) is 0 Å². The molecule has 39 heavy (non-hydrogen) atoms. The van der Waals surface area contributed by atoms with Crippen LogP contribution in [-0.2, 0) is 9.53 Å². The van der Waals surface area contributed by atoms with Crippen molar-refractivity contribution < 1.29 is 14.3 Å². The predicted molar refractivity (Wildman–Crippen MR) is 150 cm³/mol. The first-order valence-electron chi connectivity index (χ1n) is 13.1. The number of methoxy groups -OCH3 is 1. The van der Waals surface area contributed by atoms with Crippen molar-refractivity contribution in [2.24, 2.45) is 0 Å². The number of fused-ring (bicyclic) bond motifs is 1. The van der Waals surface area contributed by atoms with Crippen LogP contribution in [0.3, 0.4) is 0 Å². The Kier molecular flexibility index (Phi) is 8.45. The van der Waals surface area contributed by atoms with Gasteiger partial charge in [-0.1, -0.05) is 24.3 Å². The highest BCUT2D eigenvalue weighted by Crippen LogP contribution is 2.34. The topological polar surface area (TPSA) is 120 Å². The van der Waals surface area contributed by atoms with E-state index in [0.29, 0.717) is 48.8 Å². The largest absolute Gasteiger partial charge is 0.457 e. The number of piperidine rings is 1. The van der Waals surface area contributed by atoms with Crippen molar-refractivity contribution in [2.45, 2.75) is 18.9 Å². The van der Waals surface area contributed by atoms with Crippen LogP contribution in [0.1, 0.15) is 18.9 Å². The van der Waals surface area contributed by atoms with Gasteiger partial charge < -0.3 is 25.4 Å². The fourth-order valence-electron chi connectivity index (χ4n) is 4.74. The zero-order valence-corrected chi connectivity index (χ0v) is 22.0. The van der Waals surface area contributed by atoms with Crippen LogP contribution in [0.5, 0.6) is 11.5 Å². The molecule has 2 aromatic heterocycles. The fraction of sp³-hybridized carbons (Fsp3) is 0.310. The summed E-state index contributed by atoms with van der Waals surface area (Å²) in [7, 11) is 1.66. The molecule has 0 aliphatic carbocycles. The lowest BCUT2D eigenvalue weighted by Gasteiger charge is -2.32. The van der Waals surface area contributed by atoms with E-state index in [1.165, 1.54) is 6.33 Å². The zero-order chi connectivity index (χ0) is 27.0. The van der Waals surface area contributed by atoms with E-state index in [1.807, 2.05) is 70.3 Å². The first-order chi connectivity index (χ1) is 19.1. The molecular formula is C29H33N7O3. The minimum Gasteiger partial charge on any atom is -0.457 e. The van der Waals surface area contributed by atoms with E-state index in [1.54, 1.807) is 13.2 Å². The van der Waals surface area contributed by atoms with Gasteiger partial charge in [-0.3, -0.25) is 4.79 Å². The second-order valence-electron chi connectivity index (χ2n) is 9.37. The summed E-state index contributed by atoms with van der Waals surface area (Å²) in [5.74, 6) is 1.86. The quantitative estimate of drug-likeness (QED) is 0.236. The molecule has 0 saturated carbocycles. The SMILES string of the molecule is COCCNCC=CC(=O)N1CCCC(n2nc(-c3ccc(Oc4ccccc4)cc3)c3c(N)ncnc32)C1. The Morgan fingerprint density at radius 2 is 1.92 bits per heavy atom. The molecule has 1 aliphatic heterocycles. The van der Waals surface area contributed by atoms with E-state index in [2.05, 4.69) is 15.3 Å². The number of nitrogens with one attached hydrogen (secondary N) is 1. The van der Waals surface area contributed by atoms with Crippen LogP contribution in [0.25, 0.3) is 22.3 Å². The molecule has 0 spiro atoms. The average Bonchev–Trinajstić information content (AvgIpc) is 3.37. The Balaban J connectivity index is 1.35. The van der Waals surface area contributed by atoms with Crippen LogP contribution in [0.2, 0.25) is 0 Å². The molecule has 4 aromatic rings. The molecule has 1 unspecified atom stereocenters. The monoisotopic (exact) mass is 527 g/mol. The Bertz CT molecular complexity index is 1420. The third-order valence-corrected chi connectivity index (χ3v) is 6.68. The number of nitrogens with zero attached hydrogens (tertiary/aromatic N) is 5. The fourth-order valence-corrected chi connectivity index (χ4v) is 4.74. The van der Waals surface area contributed by atoms with E-state index in [0.717, 1.165) is 36.4 Å². The normalized spacial score (nSPS) is 15.7. The number of nitrogen functional groups attached to an aromatic ring is 1. The van der Waals surface area contributed by atoms with Crippen molar-refractivity contribution in [3.63, 3.8) is 0 Å². The number of hydrogen-bond acceptors (Lipinski definition) is 8. The van der Waals surface area contributed by atoms with Gasteiger partial charge in [-0.05, 0) is 49.2 Å². The molecule has 10 nitrogen and oxygen atoms in total. The van der Waals surface area contributed by atoms with Gasteiger partial charge in [0.25, 0.3) is 0 Å². The average molecular weight is 528 g/mol. The predicted octanol–water partition coefficient (Wildman–Crippen LogP) is 3.82. The van der Waals surface area contributed by atoms with Crippen molar-refractivity contribution in [2.75, 3.05) is 45.6 Å². The first-order valence-corrected chi connectivity index (χ1v) is 13.1. The minimum atomic E-state index is -0.0258. The second-order valence-corrected chi connectivity index (χ2v) is 9.37. The molecule has 10 heteroatoms. The van der Waals surface area contributed by atoms with Crippen molar-refractivity contribution in [3.05, 3.63) is 73.1 Å². The molecule has 1 saturated heterocycles. The Morgan fingerprint density at radius 1 is 1.13 bits per heavy atom. The molecule has 0 radical (unpaired) electrons. The molecule has 5 rings (SSSR count). The number of carbonyl (C=O) groups is 1. The number of ether oxygens (including phenoxy) is 2. The maximum absolute atomic E-state index is 12.9. The van der Waals surface area contributed by atoms with Gasteiger partial charge in [0, 0.05) is 44.9 Å².